The highest BCUT2D eigenvalue weighted by Gasteiger charge is 2.46. The van der Waals surface area contributed by atoms with Crippen LogP contribution in [-0.4, -0.2) is 41.0 Å². The zero-order valence-corrected chi connectivity index (χ0v) is 15.6. The molecule has 9 heteroatoms. The van der Waals surface area contributed by atoms with E-state index in [4.69, 9.17) is 0 Å². The first-order chi connectivity index (χ1) is 9.78. The molecular weight excluding hydrogens is 398 g/mol. The number of halogens is 1. The molecule has 0 saturated carbocycles. The van der Waals surface area contributed by atoms with E-state index in [1.807, 2.05) is 13.8 Å². The topological polar surface area (TPSA) is 74.7 Å². The summed E-state index contributed by atoms with van der Waals surface area (Å²) in [6.07, 6.45) is 1.46. The van der Waals surface area contributed by atoms with Gasteiger partial charge >= 0.3 is 5.97 Å². The second-order valence-electron chi connectivity index (χ2n) is 4.79. The normalized spacial score (nSPS) is 23.6. The molecular formula is C12H16BrNO4S3. The van der Waals surface area contributed by atoms with E-state index in [0.29, 0.717) is 12.2 Å². The van der Waals surface area contributed by atoms with Gasteiger partial charge in [-0.15, -0.1) is 23.1 Å². The maximum atomic E-state index is 12.8. The fourth-order valence-electron chi connectivity index (χ4n) is 2.17. The zero-order valence-electron chi connectivity index (χ0n) is 11.6. The summed E-state index contributed by atoms with van der Waals surface area (Å²) < 4.78 is 27.8. The lowest BCUT2D eigenvalue weighted by atomic mass is 10.3. The second-order valence-corrected chi connectivity index (χ2v) is 10.4. The summed E-state index contributed by atoms with van der Waals surface area (Å²) in [7, 11) is -3.79. The van der Waals surface area contributed by atoms with E-state index in [2.05, 4.69) is 15.9 Å². The summed E-state index contributed by atoms with van der Waals surface area (Å²) in [4.78, 5) is 11.4. The van der Waals surface area contributed by atoms with Gasteiger partial charge in [0.2, 0.25) is 0 Å². The molecule has 2 atom stereocenters. The number of rotatable bonds is 5. The van der Waals surface area contributed by atoms with Crippen molar-refractivity contribution in [3.05, 3.63) is 15.4 Å². The van der Waals surface area contributed by atoms with Crippen molar-refractivity contribution in [2.75, 3.05) is 5.75 Å². The van der Waals surface area contributed by atoms with E-state index in [1.165, 1.54) is 16.1 Å². The van der Waals surface area contributed by atoms with Gasteiger partial charge in [0.25, 0.3) is 10.0 Å². The molecule has 0 spiro atoms. The van der Waals surface area contributed by atoms with E-state index in [1.54, 1.807) is 6.07 Å². The fourth-order valence-corrected chi connectivity index (χ4v) is 8.16. The maximum Gasteiger partial charge on any atom is 0.322 e. The SMILES string of the molecule is CCCC1SCC(C(=O)O)N1S(=O)(=O)c1cc(C)c(Br)s1. The van der Waals surface area contributed by atoms with Crippen LogP contribution in [-0.2, 0) is 14.8 Å². The number of aliphatic carboxylic acids is 1. The summed E-state index contributed by atoms with van der Waals surface area (Å²) in [5.41, 5.74) is 0.837. The van der Waals surface area contributed by atoms with Crippen LogP contribution < -0.4 is 0 Å². The van der Waals surface area contributed by atoms with E-state index in [-0.39, 0.29) is 9.58 Å². The summed E-state index contributed by atoms with van der Waals surface area (Å²) in [5, 5.41) is 9.01. The third-order valence-corrected chi connectivity index (χ3v) is 9.22. The standard InChI is InChI=1S/C12H16BrNO4S3/c1-3-4-9-14(8(6-19-9)12(15)16)21(17,18)10-5-7(2)11(13)20-10/h5,8-9H,3-4,6H2,1-2H3,(H,15,16). The summed E-state index contributed by atoms with van der Waals surface area (Å²) in [6.45, 7) is 3.78. The van der Waals surface area contributed by atoms with Crippen LogP contribution in [0.1, 0.15) is 25.3 Å². The Labute approximate surface area is 140 Å². The molecule has 1 fully saturated rings. The minimum absolute atomic E-state index is 0.196. The van der Waals surface area contributed by atoms with Crippen molar-refractivity contribution in [1.82, 2.24) is 4.31 Å². The predicted octanol–water partition coefficient (Wildman–Crippen LogP) is 3.14. The molecule has 5 nitrogen and oxygen atoms in total. The quantitative estimate of drug-likeness (QED) is 0.801. The minimum Gasteiger partial charge on any atom is -0.480 e. The molecule has 118 valence electrons. The molecule has 2 unspecified atom stereocenters. The third-order valence-electron chi connectivity index (χ3n) is 3.22. The number of thioether (sulfide) groups is 1. The van der Waals surface area contributed by atoms with Crippen LogP contribution in [0.25, 0.3) is 0 Å². The van der Waals surface area contributed by atoms with Gasteiger partial charge in [-0.1, -0.05) is 13.3 Å². The molecule has 1 aliphatic rings. The van der Waals surface area contributed by atoms with Crippen molar-refractivity contribution in [2.24, 2.45) is 0 Å². The monoisotopic (exact) mass is 413 g/mol. The molecule has 0 aliphatic carbocycles. The van der Waals surface area contributed by atoms with Crippen LogP contribution in [0.15, 0.2) is 14.1 Å². The Balaban J connectivity index is 2.44. The van der Waals surface area contributed by atoms with Crippen LogP contribution in [0.2, 0.25) is 0 Å². The number of carbonyl (C=O) groups is 1. The average Bonchev–Trinajstić information content (AvgIpc) is 2.95. The average molecular weight is 414 g/mol. The van der Waals surface area contributed by atoms with Crippen molar-refractivity contribution < 1.29 is 18.3 Å². The van der Waals surface area contributed by atoms with Crippen LogP contribution in [0.5, 0.6) is 0 Å². The minimum atomic E-state index is -3.79. The first-order valence-corrected chi connectivity index (χ1v) is 10.5. The number of aryl methyl sites for hydroxylation is 1. The molecule has 1 saturated heterocycles. The first kappa shape index (κ1) is 17.3. The Morgan fingerprint density at radius 1 is 1.57 bits per heavy atom. The molecule has 0 amide bonds. The smallest absolute Gasteiger partial charge is 0.322 e. The van der Waals surface area contributed by atoms with E-state index in [9.17, 15) is 18.3 Å². The number of hydrogen-bond acceptors (Lipinski definition) is 5. The molecule has 21 heavy (non-hydrogen) atoms. The molecule has 1 aromatic rings. The van der Waals surface area contributed by atoms with Gasteiger partial charge in [0.1, 0.15) is 10.3 Å². The summed E-state index contributed by atoms with van der Waals surface area (Å²) in [6, 6.07) is 0.604. The molecule has 2 rings (SSSR count). The van der Waals surface area contributed by atoms with E-state index < -0.39 is 22.0 Å². The predicted molar refractivity (Wildman–Crippen MR) is 88.4 cm³/mol. The van der Waals surface area contributed by atoms with Crippen molar-refractivity contribution in [3.63, 3.8) is 0 Å². The Hall–Kier alpha value is -0.0900. The Morgan fingerprint density at radius 2 is 2.24 bits per heavy atom. The molecule has 1 aliphatic heterocycles. The lowest BCUT2D eigenvalue weighted by molar-refractivity contribution is -0.140. The molecule has 1 N–H and O–H groups in total. The van der Waals surface area contributed by atoms with Crippen molar-refractivity contribution >= 4 is 55.0 Å². The fraction of sp³-hybridized carbons (Fsp3) is 0.583. The van der Waals surface area contributed by atoms with Gasteiger partial charge in [0.15, 0.2) is 0 Å². The first-order valence-electron chi connectivity index (χ1n) is 6.43. The van der Waals surface area contributed by atoms with Crippen LogP contribution >= 0.6 is 39.0 Å². The van der Waals surface area contributed by atoms with Gasteiger partial charge < -0.3 is 5.11 Å². The molecule has 0 radical (unpaired) electrons. The number of thiophene rings is 1. The maximum absolute atomic E-state index is 12.8. The van der Waals surface area contributed by atoms with Gasteiger partial charge in [0.05, 0.1) is 9.16 Å². The second kappa shape index (κ2) is 6.57. The number of nitrogens with zero attached hydrogens (tertiary/aromatic N) is 1. The zero-order chi connectivity index (χ0) is 15.8. The van der Waals surface area contributed by atoms with Gasteiger partial charge in [-0.25, -0.2) is 8.42 Å². The van der Waals surface area contributed by atoms with Crippen molar-refractivity contribution in [3.8, 4) is 0 Å². The van der Waals surface area contributed by atoms with Crippen molar-refractivity contribution in [1.29, 1.82) is 0 Å². The highest BCUT2D eigenvalue weighted by molar-refractivity contribution is 9.11. The van der Waals surface area contributed by atoms with Crippen LogP contribution in [0, 0.1) is 6.92 Å². The van der Waals surface area contributed by atoms with E-state index in [0.717, 1.165) is 27.1 Å². The van der Waals surface area contributed by atoms with Gasteiger partial charge in [-0.2, -0.15) is 4.31 Å². The summed E-state index contributed by atoms with van der Waals surface area (Å²) in [5.74, 6) is -0.790. The lowest BCUT2D eigenvalue weighted by Crippen LogP contribution is -2.45. The number of carboxylic acids is 1. The highest BCUT2D eigenvalue weighted by atomic mass is 79.9. The number of hydrogen-bond donors (Lipinski definition) is 1. The Kier molecular flexibility index (Phi) is 5.40. The van der Waals surface area contributed by atoms with Gasteiger partial charge in [-0.05, 0) is 40.9 Å². The Morgan fingerprint density at radius 3 is 2.71 bits per heavy atom. The molecule has 2 heterocycles. The highest BCUT2D eigenvalue weighted by Crippen LogP contribution is 2.40. The number of carboxylic acid groups (broad SMARTS) is 1. The molecule has 0 aromatic carbocycles. The van der Waals surface area contributed by atoms with Crippen LogP contribution in [0.4, 0.5) is 0 Å². The van der Waals surface area contributed by atoms with Crippen molar-refractivity contribution in [2.45, 2.75) is 42.3 Å². The van der Waals surface area contributed by atoms with Crippen LogP contribution in [0.3, 0.4) is 0 Å². The molecule has 0 bridgehead atoms. The molecule has 1 aromatic heterocycles. The van der Waals surface area contributed by atoms with E-state index >= 15 is 0 Å². The third kappa shape index (κ3) is 3.31. The largest absolute Gasteiger partial charge is 0.480 e. The Bertz CT molecular complexity index is 623. The summed E-state index contributed by atoms with van der Waals surface area (Å²) >= 11 is 5.85. The lowest BCUT2D eigenvalue weighted by Gasteiger charge is -2.25. The van der Waals surface area contributed by atoms with Gasteiger partial charge in [0, 0.05) is 5.75 Å². The van der Waals surface area contributed by atoms with Gasteiger partial charge in [-0.3, -0.25) is 4.79 Å². The number of sulfonamides is 1.